The minimum absolute atomic E-state index is 0.103. The van der Waals surface area contributed by atoms with Gasteiger partial charge in [-0.05, 0) is 37.6 Å². The molecule has 0 unspecified atom stereocenters. The fraction of sp³-hybridized carbons (Fsp3) is 0.389. The van der Waals surface area contributed by atoms with Crippen LogP contribution in [0.4, 0.5) is 0 Å². The second-order valence-corrected chi connectivity index (χ2v) is 5.56. The summed E-state index contributed by atoms with van der Waals surface area (Å²) in [5, 5.41) is 3.19. The lowest BCUT2D eigenvalue weighted by molar-refractivity contribution is 0.0990. The fourth-order valence-corrected chi connectivity index (χ4v) is 2.54. The van der Waals surface area contributed by atoms with Gasteiger partial charge in [0.15, 0.2) is 17.3 Å². The van der Waals surface area contributed by atoms with Crippen LogP contribution in [0.15, 0.2) is 24.3 Å². The highest BCUT2D eigenvalue weighted by molar-refractivity contribution is 5.99. The van der Waals surface area contributed by atoms with Gasteiger partial charge in [-0.2, -0.15) is 0 Å². The number of nitrogens with zero attached hydrogens (tertiary/aromatic N) is 1. The van der Waals surface area contributed by atoms with Crippen molar-refractivity contribution in [1.82, 2.24) is 9.88 Å². The van der Waals surface area contributed by atoms with Gasteiger partial charge in [0.25, 0.3) is 0 Å². The number of carbonyl (C=O) groups excluding carboxylic acids is 1. The number of aryl methyl sites for hydroxylation is 1. The van der Waals surface area contributed by atoms with Crippen LogP contribution in [0.2, 0.25) is 0 Å². The molecule has 0 atom stereocenters. The standard InChI is InChI=1S/C18H24N2O3/c1-12-8-15(13(2)20(12)3)16(21)11-19-10-14-6-7-17(22-4)18(9-14)23-5/h6-9,19H,10-11H2,1-5H3. The predicted molar refractivity (Wildman–Crippen MR) is 90.5 cm³/mol. The number of nitrogens with one attached hydrogen (secondary N) is 1. The molecular weight excluding hydrogens is 292 g/mol. The molecule has 0 spiro atoms. The van der Waals surface area contributed by atoms with E-state index >= 15 is 0 Å². The summed E-state index contributed by atoms with van der Waals surface area (Å²) < 4.78 is 12.5. The number of rotatable bonds is 7. The van der Waals surface area contributed by atoms with Crippen LogP contribution in [0, 0.1) is 13.8 Å². The van der Waals surface area contributed by atoms with Crippen LogP contribution in [0.1, 0.15) is 27.3 Å². The zero-order valence-corrected chi connectivity index (χ0v) is 14.4. The molecule has 0 radical (unpaired) electrons. The van der Waals surface area contributed by atoms with Gasteiger partial charge < -0.3 is 19.4 Å². The van der Waals surface area contributed by atoms with Crippen LogP contribution in [0.25, 0.3) is 0 Å². The summed E-state index contributed by atoms with van der Waals surface area (Å²) in [6, 6.07) is 7.67. The van der Waals surface area contributed by atoms with Crippen LogP contribution < -0.4 is 14.8 Å². The molecule has 0 aliphatic carbocycles. The molecule has 1 aromatic heterocycles. The van der Waals surface area contributed by atoms with Crippen molar-refractivity contribution in [3.63, 3.8) is 0 Å². The molecule has 0 bridgehead atoms. The first-order valence-electron chi connectivity index (χ1n) is 7.55. The van der Waals surface area contributed by atoms with E-state index in [0.29, 0.717) is 24.6 Å². The molecule has 1 N–H and O–H groups in total. The maximum Gasteiger partial charge on any atom is 0.178 e. The highest BCUT2D eigenvalue weighted by atomic mass is 16.5. The first kappa shape index (κ1) is 17.1. The quantitative estimate of drug-likeness (QED) is 0.798. The Hall–Kier alpha value is -2.27. The van der Waals surface area contributed by atoms with E-state index in [0.717, 1.165) is 22.5 Å². The van der Waals surface area contributed by atoms with Crippen molar-refractivity contribution in [2.45, 2.75) is 20.4 Å². The van der Waals surface area contributed by atoms with E-state index in [9.17, 15) is 4.79 Å². The lowest BCUT2D eigenvalue weighted by Crippen LogP contribution is -2.23. The number of aromatic nitrogens is 1. The number of Topliss-reactive ketones (excluding diaryl/α,β-unsaturated/α-hetero) is 1. The first-order chi connectivity index (χ1) is 11.0. The lowest BCUT2D eigenvalue weighted by atomic mass is 10.1. The molecule has 0 aliphatic heterocycles. The molecule has 0 saturated heterocycles. The van der Waals surface area contributed by atoms with Crippen molar-refractivity contribution in [2.75, 3.05) is 20.8 Å². The minimum Gasteiger partial charge on any atom is -0.493 e. The molecule has 2 rings (SSSR count). The largest absolute Gasteiger partial charge is 0.493 e. The molecule has 5 heteroatoms. The van der Waals surface area contributed by atoms with Gasteiger partial charge in [-0.3, -0.25) is 4.79 Å². The van der Waals surface area contributed by atoms with E-state index < -0.39 is 0 Å². The monoisotopic (exact) mass is 316 g/mol. The van der Waals surface area contributed by atoms with Crippen molar-refractivity contribution in [3.8, 4) is 11.5 Å². The Labute approximate surface area is 137 Å². The van der Waals surface area contributed by atoms with Gasteiger partial charge in [-0.25, -0.2) is 0 Å². The van der Waals surface area contributed by atoms with Gasteiger partial charge in [-0.15, -0.1) is 0 Å². The molecule has 0 amide bonds. The maximum atomic E-state index is 12.3. The molecule has 0 aliphatic rings. The molecule has 1 aromatic carbocycles. The molecule has 0 fully saturated rings. The van der Waals surface area contributed by atoms with Crippen molar-refractivity contribution in [1.29, 1.82) is 0 Å². The minimum atomic E-state index is 0.103. The van der Waals surface area contributed by atoms with Crippen molar-refractivity contribution in [3.05, 3.63) is 46.8 Å². The van der Waals surface area contributed by atoms with Crippen molar-refractivity contribution >= 4 is 5.78 Å². The van der Waals surface area contributed by atoms with Gasteiger partial charge in [0.1, 0.15) is 0 Å². The summed E-state index contributed by atoms with van der Waals surface area (Å²) in [6.07, 6.45) is 0. The fourth-order valence-electron chi connectivity index (χ4n) is 2.54. The molecule has 1 heterocycles. The maximum absolute atomic E-state index is 12.3. The van der Waals surface area contributed by atoms with Gasteiger partial charge in [-0.1, -0.05) is 6.07 Å². The van der Waals surface area contributed by atoms with Gasteiger partial charge in [0.2, 0.25) is 0 Å². The van der Waals surface area contributed by atoms with Crippen molar-refractivity contribution < 1.29 is 14.3 Å². The average Bonchev–Trinajstić information content (AvgIpc) is 2.82. The second kappa shape index (κ2) is 7.33. The Kier molecular flexibility index (Phi) is 5.45. The Morgan fingerprint density at radius 3 is 2.39 bits per heavy atom. The number of benzene rings is 1. The summed E-state index contributed by atoms with van der Waals surface area (Å²) in [6.45, 7) is 4.87. The predicted octanol–water partition coefficient (Wildman–Crippen LogP) is 2.63. The molecule has 5 nitrogen and oxygen atoms in total. The number of ketones is 1. The third kappa shape index (κ3) is 3.74. The summed E-state index contributed by atoms with van der Waals surface area (Å²) in [4.78, 5) is 12.3. The molecule has 23 heavy (non-hydrogen) atoms. The first-order valence-corrected chi connectivity index (χ1v) is 7.55. The zero-order valence-electron chi connectivity index (χ0n) is 14.4. The third-order valence-corrected chi connectivity index (χ3v) is 4.14. The Morgan fingerprint density at radius 2 is 1.83 bits per heavy atom. The Bertz CT molecular complexity index is 705. The van der Waals surface area contributed by atoms with Crippen LogP contribution in [-0.4, -0.2) is 31.1 Å². The van der Waals surface area contributed by atoms with E-state index in [-0.39, 0.29) is 5.78 Å². The summed E-state index contributed by atoms with van der Waals surface area (Å²) >= 11 is 0. The van der Waals surface area contributed by atoms with Gasteiger partial charge >= 0.3 is 0 Å². The number of hydrogen-bond donors (Lipinski definition) is 1. The molecule has 0 saturated carbocycles. The molecule has 2 aromatic rings. The highest BCUT2D eigenvalue weighted by Gasteiger charge is 2.13. The van der Waals surface area contributed by atoms with Gasteiger partial charge in [0, 0.05) is 30.5 Å². The number of carbonyl (C=O) groups is 1. The topological polar surface area (TPSA) is 52.5 Å². The molecular formula is C18H24N2O3. The molecule has 124 valence electrons. The smallest absolute Gasteiger partial charge is 0.178 e. The second-order valence-electron chi connectivity index (χ2n) is 5.56. The SMILES string of the molecule is COc1ccc(CNCC(=O)c2cc(C)n(C)c2C)cc1OC. The van der Waals surface area contributed by atoms with Crippen LogP contribution >= 0.6 is 0 Å². The number of ether oxygens (including phenoxy) is 2. The van der Waals surface area contributed by atoms with E-state index in [1.165, 1.54) is 0 Å². The summed E-state index contributed by atoms with van der Waals surface area (Å²) in [5.41, 5.74) is 3.91. The van der Waals surface area contributed by atoms with Gasteiger partial charge in [0.05, 0.1) is 20.8 Å². The lowest BCUT2D eigenvalue weighted by Gasteiger charge is -2.10. The average molecular weight is 316 g/mol. The Balaban J connectivity index is 1.97. The van der Waals surface area contributed by atoms with E-state index in [1.807, 2.05) is 49.7 Å². The van der Waals surface area contributed by atoms with Crippen molar-refractivity contribution in [2.24, 2.45) is 7.05 Å². The van der Waals surface area contributed by atoms with E-state index in [1.54, 1.807) is 14.2 Å². The van der Waals surface area contributed by atoms with Crippen LogP contribution in [0.3, 0.4) is 0 Å². The van der Waals surface area contributed by atoms with E-state index in [2.05, 4.69) is 5.32 Å². The third-order valence-electron chi connectivity index (χ3n) is 4.14. The van der Waals surface area contributed by atoms with Crippen LogP contribution in [0.5, 0.6) is 11.5 Å². The summed E-state index contributed by atoms with van der Waals surface area (Å²) in [5.74, 6) is 1.49. The Morgan fingerprint density at radius 1 is 1.13 bits per heavy atom. The number of methoxy groups -OCH3 is 2. The summed E-state index contributed by atoms with van der Waals surface area (Å²) in [7, 11) is 5.19. The normalized spacial score (nSPS) is 10.7. The zero-order chi connectivity index (χ0) is 17.0. The van der Waals surface area contributed by atoms with Crippen LogP contribution in [-0.2, 0) is 13.6 Å². The van der Waals surface area contributed by atoms with E-state index in [4.69, 9.17) is 9.47 Å². The highest BCUT2D eigenvalue weighted by Crippen LogP contribution is 2.27. The number of hydrogen-bond acceptors (Lipinski definition) is 4.